The average molecular weight is 416 g/mol. The van der Waals surface area contributed by atoms with Crippen LogP contribution in [-0.4, -0.2) is 24.6 Å². The first kappa shape index (κ1) is 17.5. The number of amidine groups is 1. The maximum Gasteiger partial charge on any atom is 0.119 e. The molecule has 0 spiro atoms. The van der Waals surface area contributed by atoms with Crippen molar-refractivity contribution >= 4 is 28.7 Å². The molecule has 1 aromatic rings. The van der Waals surface area contributed by atoms with Gasteiger partial charge in [-0.25, -0.2) is 3.21 Å². The Balaban J connectivity index is 1.91. The van der Waals surface area contributed by atoms with Crippen molar-refractivity contribution in [2.75, 3.05) is 13.7 Å². The highest BCUT2D eigenvalue weighted by molar-refractivity contribution is 14.1. The van der Waals surface area contributed by atoms with Crippen LogP contribution >= 0.6 is 22.9 Å². The van der Waals surface area contributed by atoms with Gasteiger partial charge in [-0.1, -0.05) is 31.4 Å². The lowest BCUT2D eigenvalue weighted by Gasteiger charge is -2.22. The molecule has 1 aliphatic carbocycles. The monoisotopic (exact) mass is 416 g/mol. The highest BCUT2D eigenvalue weighted by atomic mass is 127. The number of hydrogen-bond donors (Lipinski definition) is 2. The van der Waals surface area contributed by atoms with Crippen LogP contribution in [0.25, 0.3) is 0 Å². The fourth-order valence-corrected chi connectivity index (χ4v) is 3.30. The molecular formula is C17H25IN2O2. The molecule has 1 atom stereocenters. The summed E-state index contributed by atoms with van der Waals surface area (Å²) < 4.78 is 10.0. The minimum absolute atomic E-state index is 0.478. The summed E-state index contributed by atoms with van der Waals surface area (Å²) in [7, 11) is 1.81. The van der Waals surface area contributed by atoms with Crippen molar-refractivity contribution in [2.24, 2.45) is 9.12 Å². The van der Waals surface area contributed by atoms with Crippen molar-refractivity contribution in [1.82, 2.24) is 5.32 Å². The topological polar surface area (TPSA) is 53.8 Å². The molecule has 0 aromatic heterocycles. The zero-order valence-electron chi connectivity index (χ0n) is 13.1. The molecule has 1 saturated carbocycles. The highest BCUT2D eigenvalue weighted by Crippen LogP contribution is 2.26. The van der Waals surface area contributed by atoms with Crippen molar-refractivity contribution in [3.8, 4) is 5.75 Å². The van der Waals surface area contributed by atoms with Gasteiger partial charge in [-0.2, -0.15) is 0 Å². The molecular weight excluding hydrogens is 391 g/mol. The maximum atomic E-state index is 10.3. The van der Waals surface area contributed by atoms with Crippen LogP contribution < -0.4 is 10.1 Å². The molecule has 4 nitrogen and oxygen atoms in total. The van der Waals surface area contributed by atoms with Gasteiger partial charge in [0, 0.05) is 13.5 Å². The summed E-state index contributed by atoms with van der Waals surface area (Å²) in [6, 6.07) is 7.77. The Bertz CT molecular complexity index is 487. The molecule has 0 bridgehead atoms. The quantitative estimate of drug-likeness (QED) is 0.418. The molecule has 0 aliphatic heterocycles. The molecule has 1 unspecified atom stereocenters. The molecule has 1 aromatic carbocycles. The van der Waals surface area contributed by atoms with Gasteiger partial charge >= 0.3 is 0 Å². The van der Waals surface area contributed by atoms with Crippen molar-refractivity contribution in [2.45, 2.75) is 44.6 Å². The zero-order valence-corrected chi connectivity index (χ0v) is 15.3. The zero-order chi connectivity index (χ0) is 15.8. The summed E-state index contributed by atoms with van der Waals surface area (Å²) >= 11 is 1.94. The number of ether oxygens (including phenoxy) is 1. The Morgan fingerprint density at radius 3 is 2.86 bits per heavy atom. The van der Waals surface area contributed by atoms with Crippen molar-refractivity contribution in [3.63, 3.8) is 0 Å². The largest absolute Gasteiger partial charge is 0.493 e. The van der Waals surface area contributed by atoms with Gasteiger partial charge in [-0.05, 0) is 36.5 Å². The van der Waals surface area contributed by atoms with E-state index in [4.69, 9.17) is 4.74 Å². The standard InChI is InChI=1S/C17H25IN2O2/c1-19-17(20-18)11-16(21)14-8-5-9-15(10-14)22-12-13-6-3-2-4-7-13/h5,8-10,13,16,21H,2-4,6-7,11-12H2,1H3,(H,19,20). The normalized spacial score (nSPS) is 18.0. The fourth-order valence-electron chi connectivity index (χ4n) is 2.86. The van der Waals surface area contributed by atoms with Gasteiger partial charge in [0.2, 0.25) is 0 Å². The average Bonchev–Trinajstić information content (AvgIpc) is 2.59. The Kier molecular flexibility index (Phi) is 7.45. The van der Waals surface area contributed by atoms with E-state index in [0.29, 0.717) is 12.3 Å². The van der Waals surface area contributed by atoms with E-state index >= 15 is 0 Å². The van der Waals surface area contributed by atoms with Crippen LogP contribution in [0.4, 0.5) is 0 Å². The van der Waals surface area contributed by atoms with Crippen LogP contribution in [0.5, 0.6) is 5.75 Å². The summed E-state index contributed by atoms with van der Waals surface area (Å²) in [6.07, 6.45) is 6.49. The second-order valence-corrected chi connectivity index (χ2v) is 6.37. The number of halogens is 1. The predicted octanol–water partition coefficient (Wildman–Crippen LogP) is 4.04. The molecule has 2 rings (SSSR count). The number of aliphatic hydroxyl groups excluding tert-OH is 1. The SMILES string of the molecule is CNC(CC(O)c1cccc(OCC2CCCCC2)c1)=NI. The van der Waals surface area contributed by atoms with E-state index in [1.54, 1.807) is 0 Å². The van der Waals surface area contributed by atoms with E-state index in [2.05, 4.69) is 8.52 Å². The lowest BCUT2D eigenvalue weighted by Crippen LogP contribution is -2.20. The van der Waals surface area contributed by atoms with Crippen LogP contribution in [0.15, 0.2) is 27.5 Å². The molecule has 0 amide bonds. The molecule has 0 heterocycles. The Labute approximate surface area is 146 Å². The lowest BCUT2D eigenvalue weighted by molar-refractivity contribution is 0.183. The van der Waals surface area contributed by atoms with Gasteiger partial charge in [-0.15, -0.1) is 0 Å². The van der Waals surface area contributed by atoms with E-state index in [1.165, 1.54) is 32.1 Å². The van der Waals surface area contributed by atoms with Crippen molar-refractivity contribution in [3.05, 3.63) is 29.8 Å². The number of hydrogen-bond acceptors (Lipinski definition) is 3. The smallest absolute Gasteiger partial charge is 0.119 e. The minimum Gasteiger partial charge on any atom is -0.493 e. The number of rotatable bonds is 6. The summed E-state index contributed by atoms with van der Waals surface area (Å²) in [5.74, 6) is 2.31. The summed E-state index contributed by atoms with van der Waals surface area (Å²) in [5, 5.41) is 13.3. The van der Waals surface area contributed by atoms with E-state index in [-0.39, 0.29) is 0 Å². The Hall–Kier alpha value is -0.820. The van der Waals surface area contributed by atoms with Crippen LogP contribution in [0.2, 0.25) is 0 Å². The Morgan fingerprint density at radius 2 is 2.18 bits per heavy atom. The van der Waals surface area contributed by atoms with Gasteiger partial charge in [0.1, 0.15) is 11.6 Å². The van der Waals surface area contributed by atoms with Gasteiger partial charge in [0.25, 0.3) is 0 Å². The summed E-state index contributed by atoms with van der Waals surface area (Å²) in [5.41, 5.74) is 0.869. The third kappa shape index (κ3) is 5.43. The molecule has 0 radical (unpaired) electrons. The third-order valence-corrected chi connectivity index (χ3v) is 4.81. The number of nitrogens with one attached hydrogen (secondary N) is 1. The van der Waals surface area contributed by atoms with Gasteiger partial charge < -0.3 is 15.2 Å². The number of benzene rings is 1. The molecule has 0 saturated heterocycles. The first-order valence-corrected chi connectivity index (χ1v) is 8.96. The van der Waals surface area contributed by atoms with Crippen molar-refractivity contribution in [1.29, 1.82) is 0 Å². The molecule has 122 valence electrons. The predicted molar refractivity (Wildman–Crippen MR) is 98.6 cm³/mol. The first-order chi connectivity index (χ1) is 10.7. The molecule has 2 N–H and O–H groups in total. The van der Waals surface area contributed by atoms with Crippen LogP contribution in [0, 0.1) is 5.92 Å². The third-order valence-electron chi connectivity index (χ3n) is 4.23. The summed E-state index contributed by atoms with van der Waals surface area (Å²) in [4.78, 5) is 0. The van der Waals surface area contributed by atoms with Crippen LogP contribution in [0.3, 0.4) is 0 Å². The van der Waals surface area contributed by atoms with Crippen LogP contribution in [-0.2, 0) is 0 Å². The lowest BCUT2D eigenvalue weighted by atomic mass is 9.90. The van der Waals surface area contributed by atoms with Gasteiger partial charge in [0.15, 0.2) is 0 Å². The molecule has 1 fully saturated rings. The van der Waals surface area contributed by atoms with E-state index in [1.807, 2.05) is 54.2 Å². The molecule has 1 aliphatic rings. The maximum absolute atomic E-state index is 10.3. The highest BCUT2D eigenvalue weighted by Gasteiger charge is 2.15. The number of aliphatic hydroxyl groups is 1. The van der Waals surface area contributed by atoms with E-state index in [9.17, 15) is 5.11 Å². The van der Waals surface area contributed by atoms with E-state index < -0.39 is 6.10 Å². The van der Waals surface area contributed by atoms with Crippen molar-refractivity contribution < 1.29 is 9.84 Å². The molecule has 22 heavy (non-hydrogen) atoms. The fraction of sp³-hybridized carbons (Fsp3) is 0.588. The van der Waals surface area contributed by atoms with E-state index in [0.717, 1.165) is 23.8 Å². The minimum atomic E-state index is -0.570. The van der Waals surface area contributed by atoms with Gasteiger partial charge in [0.05, 0.1) is 35.6 Å². The molecule has 5 heteroatoms. The Morgan fingerprint density at radius 1 is 1.41 bits per heavy atom. The van der Waals surface area contributed by atoms with Crippen LogP contribution in [0.1, 0.15) is 50.2 Å². The second-order valence-electron chi connectivity index (χ2n) is 5.89. The second kappa shape index (κ2) is 9.35. The number of nitrogens with zero attached hydrogens (tertiary/aromatic N) is 1. The first-order valence-electron chi connectivity index (χ1n) is 7.99. The summed E-state index contributed by atoms with van der Waals surface area (Å²) in [6.45, 7) is 0.788. The van der Waals surface area contributed by atoms with Gasteiger partial charge in [-0.3, -0.25) is 0 Å².